The van der Waals surface area contributed by atoms with E-state index in [1.807, 2.05) is 32.0 Å². The van der Waals surface area contributed by atoms with Crippen LogP contribution in [0.4, 0.5) is 0 Å². The molecule has 5 heteroatoms. The van der Waals surface area contributed by atoms with E-state index in [4.69, 9.17) is 0 Å². The van der Waals surface area contributed by atoms with E-state index in [9.17, 15) is 9.90 Å². The van der Waals surface area contributed by atoms with Crippen molar-refractivity contribution in [2.24, 2.45) is 0 Å². The van der Waals surface area contributed by atoms with E-state index in [-0.39, 0.29) is 11.8 Å². The highest BCUT2D eigenvalue weighted by molar-refractivity contribution is 5.83. The van der Waals surface area contributed by atoms with Crippen LogP contribution >= 0.6 is 0 Å². The van der Waals surface area contributed by atoms with Crippen LogP contribution in [-0.2, 0) is 4.79 Å². The molecule has 24 heavy (non-hydrogen) atoms. The lowest BCUT2D eigenvalue weighted by Gasteiger charge is -2.34. The number of aryl methyl sites for hydroxylation is 1. The van der Waals surface area contributed by atoms with Gasteiger partial charge in [0.05, 0.1) is 12.0 Å². The molecule has 1 heterocycles. The largest absolute Gasteiger partial charge is 0.390 e. The van der Waals surface area contributed by atoms with Crippen LogP contribution in [0.25, 0.3) is 0 Å². The lowest BCUT2D eigenvalue weighted by Crippen LogP contribution is -2.49. The number of rotatable bonds is 6. The van der Waals surface area contributed by atoms with Gasteiger partial charge in [0, 0.05) is 46.3 Å². The van der Waals surface area contributed by atoms with Gasteiger partial charge in [0.2, 0.25) is 5.91 Å². The number of aliphatic hydroxyl groups is 1. The zero-order valence-corrected chi connectivity index (χ0v) is 15.4. The molecule has 0 aromatic heterocycles. The summed E-state index contributed by atoms with van der Waals surface area (Å²) in [5, 5.41) is 10.3. The SMILES string of the molecule is Cc1cccc(C(C)C(=O)N(C)CC(O)CN2CCN(C)CC2)c1. The first kappa shape index (κ1) is 18.9. The third kappa shape index (κ3) is 5.30. The third-order valence-corrected chi connectivity index (χ3v) is 4.84. The quantitative estimate of drug-likeness (QED) is 0.849. The molecule has 0 aliphatic carbocycles. The van der Waals surface area contributed by atoms with Crippen molar-refractivity contribution in [1.29, 1.82) is 0 Å². The molecule has 1 aliphatic heterocycles. The van der Waals surface area contributed by atoms with E-state index >= 15 is 0 Å². The number of carbonyl (C=O) groups excluding carboxylic acids is 1. The highest BCUT2D eigenvalue weighted by Gasteiger charge is 2.23. The number of hydrogen-bond donors (Lipinski definition) is 1. The highest BCUT2D eigenvalue weighted by Crippen LogP contribution is 2.18. The van der Waals surface area contributed by atoms with Crippen LogP contribution in [0.2, 0.25) is 0 Å². The molecule has 2 unspecified atom stereocenters. The number of benzene rings is 1. The number of hydrogen-bond acceptors (Lipinski definition) is 4. The van der Waals surface area contributed by atoms with Crippen molar-refractivity contribution in [2.45, 2.75) is 25.9 Å². The van der Waals surface area contributed by atoms with Crippen LogP contribution < -0.4 is 0 Å². The Hall–Kier alpha value is -1.43. The fraction of sp³-hybridized carbons (Fsp3) is 0.632. The van der Waals surface area contributed by atoms with E-state index in [0.717, 1.165) is 37.3 Å². The minimum atomic E-state index is -0.507. The maximum absolute atomic E-state index is 12.6. The van der Waals surface area contributed by atoms with Gasteiger partial charge in [-0.25, -0.2) is 0 Å². The monoisotopic (exact) mass is 333 g/mol. The minimum Gasteiger partial charge on any atom is -0.390 e. The summed E-state index contributed by atoms with van der Waals surface area (Å²) in [6.07, 6.45) is -0.507. The van der Waals surface area contributed by atoms with Gasteiger partial charge in [-0.15, -0.1) is 0 Å². The fourth-order valence-electron chi connectivity index (χ4n) is 3.20. The molecule has 1 aromatic carbocycles. The molecule has 1 aromatic rings. The number of likely N-dealkylation sites (N-methyl/N-ethyl adjacent to an activating group) is 2. The van der Waals surface area contributed by atoms with Crippen LogP contribution in [0, 0.1) is 6.92 Å². The van der Waals surface area contributed by atoms with Crippen molar-refractivity contribution in [3.63, 3.8) is 0 Å². The van der Waals surface area contributed by atoms with Crippen molar-refractivity contribution in [3.8, 4) is 0 Å². The van der Waals surface area contributed by atoms with Crippen LogP contribution in [0.5, 0.6) is 0 Å². The lowest BCUT2D eigenvalue weighted by atomic mass is 9.98. The summed E-state index contributed by atoms with van der Waals surface area (Å²) in [5.74, 6) is -0.135. The van der Waals surface area contributed by atoms with E-state index in [1.165, 1.54) is 0 Å². The van der Waals surface area contributed by atoms with Crippen molar-refractivity contribution in [3.05, 3.63) is 35.4 Å². The highest BCUT2D eigenvalue weighted by atomic mass is 16.3. The summed E-state index contributed by atoms with van der Waals surface area (Å²) in [5.41, 5.74) is 2.19. The number of carbonyl (C=O) groups is 1. The molecular weight excluding hydrogens is 302 g/mol. The number of aliphatic hydroxyl groups excluding tert-OH is 1. The van der Waals surface area contributed by atoms with Gasteiger partial charge >= 0.3 is 0 Å². The predicted molar refractivity (Wildman–Crippen MR) is 97.2 cm³/mol. The van der Waals surface area contributed by atoms with Gasteiger partial charge in [-0.2, -0.15) is 0 Å². The lowest BCUT2D eigenvalue weighted by molar-refractivity contribution is -0.132. The molecule has 5 nitrogen and oxygen atoms in total. The Morgan fingerprint density at radius 1 is 1.29 bits per heavy atom. The first-order valence-electron chi connectivity index (χ1n) is 8.77. The molecular formula is C19H31N3O2. The fourth-order valence-corrected chi connectivity index (χ4v) is 3.20. The van der Waals surface area contributed by atoms with Gasteiger partial charge in [0.15, 0.2) is 0 Å². The van der Waals surface area contributed by atoms with Gasteiger partial charge in [0.25, 0.3) is 0 Å². The minimum absolute atomic E-state index is 0.0537. The maximum atomic E-state index is 12.6. The molecule has 0 radical (unpaired) electrons. The Bertz CT molecular complexity index is 541. The standard InChI is InChI=1S/C19H31N3O2/c1-15-6-5-7-17(12-15)16(2)19(24)21(4)13-18(23)14-22-10-8-20(3)9-11-22/h5-7,12,16,18,23H,8-11,13-14H2,1-4H3. The van der Waals surface area contributed by atoms with E-state index < -0.39 is 6.10 Å². The Morgan fingerprint density at radius 3 is 2.58 bits per heavy atom. The van der Waals surface area contributed by atoms with Crippen LogP contribution in [0.15, 0.2) is 24.3 Å². The smallest absolute Gasteiger partial charge is 0.229 e. The zero-order valence-electron chi connectivity index (χ0n) is 15.4. The molecule has 1 saturated heterocycles. The van der Waals surface area contributed by atoms with Crippen LogP contribution in [0.3, 0.4) is 0 Å². The number of amides is 1. The Balaban J connectivity index is 1.84. The summed E-state index contributed by atoms with van der Waals surface area (Å²) < 4.78 is 0. The second kappa shape index (κ2) is 8.60. The normalized spacial score (nSPS) is 19.0. The molecule has 134 valence electrons. The Labute approximate surface area is 145 Å². The topological polar surface area (TPSA) is 47.0 Å². The molecule has 0 bridgehead atoms. The molecule has 0 saturated carbocycles. The van der Waals surface area contributed by atoms with Crippen molar-refractivity contribution < 1.29 is 9.90 Å². The van der Waals surface area contributed by atoms with Crippen LogP contribution in [0.1, 0.15) is 24.0 Å². The molecule has 1 N–H and O–H groups in total. The van der Waals surface area contributed by atoms with E-state index in [0.29, 0.717) is 13.1 Å². The van der Waals surface area contributed by atoms with Gasteiger partial charge in [-0.1, -0.05) is 29.8 Å². The average molecular weight is 333 g/mol. The van der Waals surface area contributed by atoms with Crippen LogP contribution in [-0.4, -0.2) is 85.2 Å². The summed E-state index contributed by atoms with van der Waals surface area (Å²) in [6.45, 7) is 8.99. The zero-order chi connectivity index (χ0) is 17.7. The average Bonchev–Trinajstić information content (AvgIpc) is 2.55. The Kier molecular flexibility index (Phi) is 6.78. The van der Waals surface area contributed by atoms with Gasteiger partial charge in [-0.05, 0) is 26.5 Å². The number of β-amino-alcohol motifs (C(OH)–C–C–N with tert-alkyl or cyclic N) is 1. The molecule has 1 amide bonds. The van der Waals surface area contributed by atoms with Gasteiger partial charge in [0.1, 0.15) is 0 Å². The van der Waals surface area contributed by atoms with Gasteiger partial charge < -0.3 is 14.9 Å². The maximum Gasteiger partial charge on any atom is 0.229 e. The molecule has 2 atom stereocenters. The summed E-state index contributed by atoms with van der Waals surface area (Å²) in [4.78, 5) is 18.8. The number of piperazine rings is 1. The number of nitrogens with zero attached hydrogens (tertiary/aromatic N) is 3. The summed E-state index contributed by atoms with van der Waals surface area (Å²) >= 11 is 0. The first-order valence-corrected chi connectivity index (χ1v) is 8.77. The third-order valence-electron chi connectivity index (χ3n) is 4.84. The van der Waals surface area contributed by atoms with Crippen molar-refractivity contribution in [1.82, 2.24) is 14.7 Å². The van der Waals surface area contributed by atoms with Gasteiger partial charge in [-0.3, -0.25) is 9.69 Å². The molecule has 1 aliphatic rings. The van der Waals surface area contributed by atoms with Crippen molar-refractivity contribution in [2.75, 3.05) is 53.4 Å². The molecule has 1 fully saturated rings. The first-order chi connectivity index (χ1) is 11.4. The van der Waals surface area contributed by atoms with E-state index in [1.54, 1.807) is 11.9 Å². The summed E-state index contributed by atoms with van der Waals surface area (Å²) in [7, 11) is 3.90. The molecule has 2 rings (SSSR count). The second-order valence-corrected chi connectivity index (χ2v) is 7.11. The van der Waals surface area contributed by atoms with E-state index in [2.05, 4.69) is 22.9 Å². The molecule has 0 spiro atoms. The van der Waals surface area contributed by atoms with Crippen molar-refractivity contribution >= 4 is 5.91 Å². The summed E-state index contributed by atoms with van der Waals surface area (Å²) in [6, 6.07) is 8.06. The Morgan fingerprint density at radius 2 is 1.96 bits per heavy atom. The predicted octanol–water partition coefficient (Wildman–Crippen LogP) is 1.17. The second-order valence-electron chi connectivity index (χ2n) is 7.11.